The maximum Gasteiger partial charge on any atom is 0.232 e. The van der Waals surface area contributed by atoms with Crippen LogP contribution in [0.15, 0.2) is 54.6 Å². The molecule has 1 atom stereocenters. The molecule has 0 radical (unpaired) electrons. The van der Waals surface area contributed by atoms with Gasteiger partial charge in [0, 0.05) is 30.9 Å². The Balaban J connectivity index is 1.76. The quantitative estimate of drug-likeness (QED) is 0.807. The summed E-state index contributed by atoms with van der Waals surface area (Å²) in [6.07, 6.45) is 0.267. The molecule has 1 aliphatic heterocycles. The van der Waals surface area contributed by atoms with Crippen molar-refractivity contribution in [1.29, 1.82) is 0 Å². The zero-order valence-corrected chi connectivity index (χ0v) is 16.6. The number of amides is 2. The van der Waals surface area contributed by atoms with Crippen LogP contribution in [0.4, 0.5) is 11.4 Å². The number of carbonyl (C=O) groups excluding carboxylic acids is 2. The molecule has 0 aromatic heterocycles. The van der Waals surface area contributed by atoms with E-state index >= 15 is 0 Å². The predicted octanol–water partition coefficient (Wildman–Crippen LogP) is 4.39. The summed E-state index contributed by atoms with van der Waals surface area (Å²) >= 11 is 0. The van der Waals surface area contributed by atoms with Gasteiger partial charge in [0.2, 0.25) is 11.8 Å². The maximum atomic E-state index is 13.0. The van der Waals surface area contributed by atoms with Gasteiger partial charge in [-0.15, -0.1) is 0 Å². The zero-order valence-electron chi connectivity index (χ0n) is 16.6. The molecule has 4 nitrogen and oxygen atoms in total. The minimum Gasteiger partial charge on any atom is -0.312 e. The maximum absolute atomic E-state index is 13.0. The van der Waals surface area contributed by atoms with Crippen LogP contribution in [-0.2, 0) is 15.0 Å². The second-order valence-electron chi connectivity index (χ2n) is 8.12. The molecule has 1 aliphatic rings. The van der Waals surface area contributed by atoms with Crippen molar-refractivity contribution in [1.82, 2.24) is 0 Å². The van der Waals surface area contributed by atoms with Crippen molar-refractivity contribution in [2.75, 3.05) is 22.9 Å². The van der Waals surface area contributed by atoms with Gasteiger partial charge in [-0.05, 0) is 42.2 Å². The second-order valence-corrected chi connectivity index (χ2v) is 8.12. The van der Waals surface area contributed by atoms with Gasteiger partial charge in [0.1, 0.15) is 0 Å². The normalized spacial score (nSPS) is 17.3. The summed E-state index contributed by atoms with van der Waals surface area (Å²) in [7, 11) is 0. The van der Waals surface area contributed by atoms with E-state index in [0.29, 0.717) is 13.1 Å². The van der Waals surface area contributed by atoms with E-state index in [1.54, 1.807) is 9.80 Å². The summed E-state index contributed by atoms with van der Waals surface area (Å²) in [6, 6.07) is 17.8. The molecule has 142 valence electrons. The van der Waals surface area contributed by atoms with Crippen LogP contribution in [0.1, 0.15) is 39.7 Å². The van der Waals surface area contributed by atoms with Crippen LogP contribution in [0.3, 0.4) is 0 Å². The number of para-hydroxylation sites is 1. The highest BCUT2D eigenvalue weighted by Gasteiger charge is 2.37. The molecule has 1 saturated heterocycles. The summed E-state index contributed by atoms with van der Waals surface area (Å²) < 4.78 is 0. The lowest BCUT2D eigenvalue weighted by Crippen LogP contribution is -2.37. The molecule has 1 heterocycles. The molecule has 2 aromatic rings. The second kappa shape index (κ2) is 7.55. The molecule has 2 amide bonds. The van der Waals surface area contributed by atoms with Gasteiger partial charge in [-0.25, -0.2) is 0 Å². The van der Waals surface area contributed by atoms with E-state index in [4.69, 9.17) is 0 Å². The van der Waals surface area contributed by atoms with Gasteiger partial charge >= 0.3 is 0 Å². The third-order valence-corrected chi connectivity index (χ3v) is 5.17. The molecule has 0 aliphatic carbocycles. The van der Waals surface area contributed by atoms with Crippen molar-refractivity contribution in [2.24, 2.45) is 5.92 Å². The fourth-order valence-corrected chi connectivity index (χ4v) is 3.56. The Bertz CT molecular complexity index is 807. The summed E-state index contributed by atoms with van der Waals surface area (Å²) in [5.74, 6) is -0.271. The molecule has 4 heteroatoms. The SMILES string of the molecule is CCN(C(=O)C1CC(=O)N(c2ccc(C(C)(C)C)cc2)C1)c1ccccc1. The zero-order chi connectivity index (χ0) is 19.6. The summed E-state index contributed by atoms with van der Waals surface area (Å²) in [5, 5.41) is 0. The summed E-state index contributed by atoms with van der Waals surface area (Å²) in [4.78, 5) is 29.1. The first-order chi connectivity index (χ1) is 12.8. The van der Waals surface area contributed by atoms with Gasteiger partial charge in [-0.3, -0.25) is 9.59 Å². The van der Waals surface area contributed by atoms with E-state index in [1.807, 2.05) is 49.4 Å². The summed E-state index contributed by atoms with van der Waals surface area (Å²) in [6.45, 7) is 9.50. The Kier molecular flexibility index (Phi) is 5.36. The molecule has 27 heavy (non-hydrogen) atoms. The van der Waals surface area contributed by atoms with E-state index in [1.165, 1.54) is 5.56 Å². The monoisotopic (exact) mass is 364 g/mol. The van der Waals surface area contributed by atoms with Crippen molar-refractivity contribution in [3.8, 4) is 0 Å². The first-order valence-electron chi connectivity index (χ1n) is 9.58. The average molecular weight is 364 g/mol. The average Bonchev–Trinajstić information content (AvgIpc) is 3.04. The van der Waals surface area contributed by atoms with Crippen LogP contribution >= 0.6 is 0 Å². The molecule has 0 saturated carbocycles. The van der Waals surface area contributed by atoms with Crippen molar-refractivity contribution >= 4 is 23.2 Å². The molecule has 0 N–H and O–H groups in total. The number of nitrogens with zero attached hydrogens (tertiary/aromatic N) is 2. The number of hydrogen-bond donors (Lipinski definition) is 0. The van der Waals surface area contributed by atoms with Crippen molar-refractivity contribution in [2.45, 2.75) is 39.5 Å². The Morgan fingerprint density at radius 2 is 1.70 bits per heavy atom. The minimum atomic E-state index is -0.306. The lowest BCUT2D eigenvalue weighted by atomic mass is 9.87. The third kappa shape index (κ3) is 4.05. The highest BCUT2D eigenvalue weighted by Crippen LogP contribution is 2.30. The highest BCUT2D eigenvalue weighted by molar-refractivity contribution is 6.04. The van der Waals surface area contributed by atoms with Gasteiger partial charge in [0.15, 0.2) is 0 Å². The fourth-order valence-electron chi connectivity index (χ4n) is 3.56. The van der Waals surface area contributed by atoms with E-state index < -0.39 is 0 Å². The van der Waals surface area contributed by atoms with Gasteiger partial charge in [0.25, 0.3) is 0 Å². The van der Waals surface area contributed by atoms with Gasteiger partial charge in [-0.1, -0.05) is 51.1 Å². The lowest BCUT2D eigenvalue weighted by Gasteiger charge is -2.25. The Morgan fingerprint density at radius 1 is 1.07 bits per heavy atom. The van der Waals surface area contributed by atoms with Crippen molar-refractivity contribution < 1.29 is 9.59 Å². The Hall–Kier alpha value is -2.62. The molecule has 0 bridgehead atoms. The van der Waals surface area contributed by atoms with Gasteiger partial charge in [0.05, 0.1) is 5.92 Å². The first kappa shape index (κ1) is 19.2. The van der Waals surface area contributed by atoms with Crippen LogP contribution in [0.25, 0.3) is 0 Å². The lowest BCUT2D eigenvalue weighted by molar-refractivity contribution is -0.124. The van der Waals surface area contributed by atoms with Crippen molar-refractivity contribution in [3.05, 3.63) is 60.2 Å². The minimum absolute atomic E-state index is 0.0148. The van der Waals surface area contributed by atoms with Crippen LogP contribution in [-0.4, -0.2) is 24.9 Å². The number of carbonyl (C=O) groups is 2. The molecular formula is C23H28N2O2. The molecule has 1 unspecified atom stereocenters. The van der Waals surface area contributed by atoms with Gasteiger partial charge in [-0.2, -0.15) is 0 Å². The number of hydrogen-bond acceptors (Lipinski definition) is 2. The highest BCUT2D eigenvalue weighted by atomic mass is 16.2. The predicted molar refractivity (Wildman–Crippen MR) is 110 cm³/mol. The number of rotatable bonds is 4. The van der Waals surface area contributed by atoms with E-state index in [0.717, 1.165) is 11.4 Å². The van der Waals surface area contributed by atoms with E-state index in [2.05, 4.69) is 32.9 Å². The van der Waals surface area contributed by atoms with Crippen LogP contribution < -0.4 is 9.80 Å². The van der Waals surface area contributed by atoms with Gasteiger partial charge < -0.3 is 9.80 Å². The summed E-state index contributed by atoms with van der Waals surface area (Å²) in [5.41, 5.74) is 3.05. The van der Waals surface area contributed by atoms with E-state index in [9.17, 15) is 9.59 Å². The topological polar surface area (TPSA) is 40.6 Å². The molecular weight excluding hydrogens is 336 g/mol. The first-order valence-corrected chi connectivity index (χ1v) is 9.58. The van der Waals surface area contributed by atoms with Crippen LogP contribution in [0.2, 0.25) is 0 Å². The van der Waals surface area contributed by atoms with Crippen LogP contribution in [0.5, 0.6) is 0 Å². The largest absolute Gasteiger partial charge is 0.312 e. The van der Waals surface area contributed by atoms with Crippen molar-refractivity contribution in [3.63, 3.8) is 0 Å². The molecule has 2 aromatic carbocycles. The molecule has 1 fully saturated rings. The molecule has 0 spiro atoms. The third-order valence-electron chi connectivity index (χ3n) is 5.17. The molecule has 3 rings (SSSR count). The van der Waals surface area contributed by atoms with E-state index in [-0.39, 0.29) is 29.6 Å². The number of anilines is 2. The van der Waals surface area contributed by atoms with Crippen LogP contribution in [0, 0.1) is 5.92 Å². The Morgan fingerprint density at radius 3 is 2.26 bits per heavy atom. The smallest absolute Gasteiger partial charge is 0.232 e. The number of benzene rings is 2. The fraction of sp³-hybridized carbons (Fsp3) is 0.391. The standard InChI is InChI=1S/C23H28N2O2/c1-5-24(19-9-7-6-8-10-19)22(27)17-15-21(26)25(16-17)20-13-11-18(12-14-20)23(2,3)4/h6-14,17H,5,15-16H2,1-4H3. The Labute approximate surface area is 161 Å².